The van der Waals surface area contributed by atoms with Crippen LogP contribution in [-0.4, -0.2) is 35.7 Å². The van der Waals surface area contributed by atoms with Gasteiger partial charge in [-0.3, -0.25) is 10.1 Å². The van der Waals surface area contributed by atoms with Crippen molar-refractivity contribution in [3.05, 3.63) is 47.7 Å². The predicted octanol–water partition coefficient (Wildman–Crippen LogP) is 3.18. The molecular weight excluding hydrogens is 344 g/mol. The first kappa shape index (κ1) is 19.2. The maximum absolute atomic E-state index is 12.7. The van der Waals surface area contributed by atoms with Crippen LogP contribution in [0.3, 0.4) is 0 Å². The number of aromatic nitrogens is 1. The Morgan fingerprint density at radius 3 is 2.70 bits per heavy atom. The van der Waals surface area contributed by atoms with E-state index in [1.165, 1.54) is 13.2 Å². The van der Waals surface area contributed by atoms with Crippen LogP contribution in [0.2, 0.25) is 0 Å². The summed E-state index contributed by atoms with van der Waals surface area (Å²) in [5.41, 5.74) is 2.66. The molecule has 2 heterocycles. The lowest BCUT2D eigenvalue weighted by molar-refractivity contribution is -0.158. The molecule has 1 aromatic heterocycles. The summed E-state index contributed by atoms with van der Waals surface area (Å²) in [7, 11) is 1.35. The summed E-state index contributed by atoms with van der Waals surface area (Å²) in [6.45, 7) is 5.59. The highest BCUT2D eigenvalue weighted by atomic mass is 16.6. The van der Waals surface area contributed by atoms with Crippen molar-refractivity contribution >= 4 is 22.8 Å². The van der Waals surface area contributed by atoms with E-state index in [0.29, 0.717) is 12.8 Å². The third-order valence-corrected chi connectivity index (χ3v) is 4.52. The van der Waals surface area contributed by atoms with Crippen molar-refractivity contribution in [3.8, 4) is 0 Å². The van der Waals surface area contributed by atoms with Crippen LogP contribution >= 0.6 is 0 Å². The minimum atomic E-state index is -0.542. The number of rotatable bonds is 4. The summed E-state index contributed by atoms with van der Waals surface area (Å²) >= 11 is 0. The van der Waals surface area contributed by atoms with Gasteiger partial charge in [0.15, 0.2) is 0 Å². The van der Waals surface area contributed by atoms with Gasteiger partial charge in [-0.1, -0.05) is 24.3 Å². The Labute approximate surface area is 158 Å². The molecule has 0 saturated carbocycles. The van der Waals surface area contributed by atoms with Gasteiger partial charge in [-0.25, -0.2) is 4.79 Å². The molecule has 1 aromatic carbocycles. The van der Waals surface area contributed by atoms with Crippen LogP contribution in [0.4, 0.5) is 0 Å². The van der Waals surface area contributed by atoms with Crippen molar-refractivity contribution in [2.24, 2.45) is 0 Å². The third-order valence-electron chi connectivity index (χ3n) is 4.52. The maximum atomic E-state index is 12.7. The fraction of sp³-hybridized carbons (Fsp3) is 0.429. The number of hydrogen-bond donors (Lipinski definition) is 2. The van der Waals surface area contributed by atoms with Crippen LogP contribution in [0.25, 0.3) is 10.9 Å². The van der Waals surface area contributed by atoms with Crippen molar-refractivity contribution in [3.63, 3.8) is 0 Å². The average molecular weight is 370 g/mol. The molecule has 6 nitrogen and oxygen atoms in total. The molecule has 0 bridgehead atoms. The van der Waals surface area contributed by atoms with Crippen molar-refractivity contribution in [1.29, 1.82) is 0 Å². The standard InChI is InChI=1S/C21H26N2O4/c1-21(2,3)27-20(25)17-12-14-13-8-5-6-9-15(13)23-19(14)16(22-17)10-7-11-18(24)26-4/h5-9,11,16-17,22-23H,10,12H2,1-4H3/b11-7+/t16-,17+/m0/s1. The lowest BCUT2D eigenvalue weighted by Crippen LogP contribution is -2.47. The van der Waals surface area contributed by atoms with Crippen LogP contribution in [-0.2, 0) is 25.5 Å². The van der Waals surface area contributed by atoms with E-state index in [1.54, 1.807) is 6.08 Å². The highest BCUT2D eigenvalue weighted by Gasteiger charge is 2.34. The topological polar surface area (TPSA) is 80.4 Å². The van der Waals surface area contributed by atoms with Crippen molar-refractivity contribution in [1.82, 2.24) is 10.3 Å². The molecule has 1 aliphatic heterocycles. The summed E-state index contributed by atoms with van der Waals surface area (Å²) in [6.07, 6.45) is 4.27. The molecule has 0 amide bonds. The first-order valence-corrected chi connectivity index (χ1v) is 9.11. The van der Waals surface area contributed by atoms with Gasteiger partial charge in [0.1, 0.15) is 11.6 Å². The van der Waals surface area contributed by atoms with E-state index in [-0.39, 0.29) is 12.0 Å². The Hall–Kier alpha value is -2.60. The quantitative estimate of drug-likeness (QED) is 0.638. The number of hydrogen-bond acceptors (Lipinski definition) is 5. The molecule has 0 radical (unpaired) electrons. The van der Waals surface area contributed by atoms with Gasteiger partial charge in [0.05, 0.1) is 13.2 Å². The first-order chi connectivity index (χ1) is 12.8. The zero-order valence-corrected chi connectivity index (χ0v) is 16.2. The maximum Gasteiger partial charge on any atom is 0.330 e. The number of esters is 2. The third kappa shape index (κ3) is 4.39. The number of methoxy groups -OCH3 is 1. The van der Waals surface area contributed by atoms with Gasteiger partial charge in [0.2, 0.25) is 0 Å². The summed E-state index contributed by atoms with van der Waals surface area (Å²) < 4.78 is 10.2. The van der Waals surface area contributed by atoms with Gasteiger partial charge in [-0.2, -0.15) is 0 Å². The van der Waals surface area contributed by atoms with Crippen LogP contribution in [0, 0.1) is 0 Å². The van der Waals surface area contributed by atoms with Gasteiger partial charge in [0.25, 0.3) is 0 Å². The molecule has 0 spiro atoms. The SMILES string of the molecule is COC(=O)/C=C/C[C@@H]1N[C@@H](C(=O)OC(C)(C)C)Cc2c1[nH]c1ccccc21. The molecule has 2 aromatic rings. The molecule has 2 N–H and O–H groups in total. The Morgan fingerprint density at radius 2 is 2.00 bits per heavy atom. The van der Waals surface area contributed by atoms with Crippen LogP contribution in [0.1, 0.15) is 44.5 Å². The summed E-state index contributed by atoms with van der Waals surface area (Å²) in [6, 6.07) is 7.50. The number of H-pyrrole nitrogens is 1. The molecule has 1 aliphatic rings. The Kier molecular flexibility index (Phi) is 5.37. The number of carbonyl (C=O) groups is 2. The van der Waals surface area contributed by atoms with Gasteiger partial charge >= 0.3 is 11.9 Å². The lowest BCUT2D eigenvalue weighted by Gasteiger charge is -2.31. The normalized spacial score (nSPS) is 19.9. The zero-order chi connectivity index (χ0) is 19.6. The first-order valence-electron chi connectivity index (χ1n) is 9.11. The van der Waals surface area contributed by atoms with Crippen LogP contribution in [0.15, 0.2) is 36.4 Å². The summed E-state index contributed by atoms with van der Waals surface area (Å²) in [5.74, 6) is -0.660. The van der Waals surface area contributed by atoms with E-state index < -0.39 is 17.6 Å². The van der Waals surface area contributed by atoms with Gasteiger partial charge in [-0.05, 0) is 38.8 Å². The van der Waals surface area contributed by atoms with Gasteiger partial charge in [-0.15, -0.1) is 0 Å². The largest absolute Gasteiger partial charge is 0.466 e. The highest BCUT2D eigenvalue weighted by molar-refractivity contribution is 5.87. The zero-order valence-electron chi connectivity index (χ0n) is 16.2. The monoisotopic (exact) mass is 370 g/mol. The van der Waals surface area contributed by atoms with E-state index >= 15 is 0 Å². The number of nitrogens with one attached hydrogen (secondary N) is 2. The van der Waals surface area contributed by atoms with E-state index in [4.69, 9.17) is 4.74 Å². The molecule has 3 rings (SSSR count). The summed E-state index contributed by atoms with van der Waals surface area (Å²) in [4.78, 5) is 27.5. The lowest BCUT2D eigenvalue weighted by atomic mass is 9.92. The minimum Gasteiger partial charge on any atom is -0.466 e. The van der Waals surface area contributed by atoms with Crippen molar-refractivity contribution in [2.75, 3.05) is 7.11 Å². The fourth-order valence-electron chi connectivity index (χ4n) is 3.41. The van der Waals surface area contributed by atoms with E-state index in [0.717, 1.165) is 22.2 Å². The Balaban J connectivity index is 1.91. The van der Waals surface area contributed by atoms with E-state index in [9.17, 15) is 9.59 Å². The second-order valence-corrected chi connectivity index (χ2v) is 7.73. The van der Waals surface area contributed by atoms with Crippen LogP contribution in [0.5, 0.6) is 0 Å². The molecule has 6 heteroatoms. The smallest absolute Gasteiger partial charge is 0.330 e. The molecular formula is C21H26N2O4. The van der Waals surface area contributed by atoms with Crippen molar-refractivity contribution < 1.29 is 19.1 Å². The molecule has 144 valence electrons. The second-order valence-electron chi connectivity index (χ2n) is 7.73. The minimum absolute atomic E-state index is 0.125. The molecule has 0 fully saturated rings. The average Bonchev–Trinajstić information content (AvgIpc) is 2.99. The van der Waals surface area contributed by atoms with Gasteiger partial charge < -0.3 is 14.5 Å². The Bertz CT molecular complexity index is 876. The van der Waals surface area contributed by atoms with E-state index in [2.05, 4.69) is 21.1 Å². The van der Waals surface area contributed by atoms with E-state index in [1.807, 2.05) is 39.0 Å². The fourth-order valence-corrected chi connectivity index (χ4v) is 3.41. The van der Waals surface area contributed by atoms with Crippen LogP contribution < -0.4 is 5.32 Å². The molecule has 0 aliphatic carbocycles. The molecule has 0 unspecified atom stereocenters. The molecule has 0 saturated heterocycles. The number of benzene rings is 1. The molecule has 27 heavy (non-hydrogen) atoms. The van der Waals surface area contributed by atoms with Crippen molar-refractivity contribution in [2.45, 2.75) is 51.3 Å². The summed E-state index contributed by atoms with van der Waals surface area (Å²) in [5, 5.41) is 4.49. The number of para-hydroxylation sites is 1. The Morgan fingerprint density at radius 1 is 1.26 bits per heavy atom. The number of fused-ring (bicyclic) bond motifs is 3. The number of ether oxygens (including phenoxy) is 2. The predicted molar refractivity (Wildman–Crippen MR) is 103 cm³/mol. The second kappa shape index (κ2) is 7.56. The molecule has 2 atom stereocenters. The highest BCUT2D eigenvalue weighted by Crippen LogP contribution is 2.34. The number of aromatic amines is 1. The van der Waals surface area contributed by atoms with Gasteiger partial charge in [0, 0.05) is 29.1 Å². The number of carbonyl (C=O) groups excluding carboxylic acids is 2.